The fourth-order valence-electron chi connectivity index (χ4n) is 2.73. The lowest BCUT2D eigenvalue weighted by Gasteiger charge is -2.16. The predicted octanol–water partition coefficient (Wildman–Crippen LogP) is 0.805. The molecule has 3 rings (SSSR count). The number of amides is 1. The van der Waals surface area contributed by atoms with Gasteiger partial charge >= 0.3 is 5.97 Å². The monoisotopic (exact) mass is 315 g/mol. The molecule has 1 amide bonds. The molecule has 2 heterocycles. The molecule has 7 heteroatoms. The molecule has 0 aliphatic carbocycles. The smallest absolute Gasteiger partial charge is 0.337 e. The molecule has 0 saturated carbocycles. The van der Waals surface area contributed by atoms with E-state index in [1.54, 1.807) is 17.0 Å². The minimum Gasteiger partial charge on any atom is -0.465 e. The fraction of sp³-hybridized carbons (Fsp3) is 0.375. The Balaban J connectivity index is 1.95. The molecule has 0 atom stereocenters. The molecule has 1 aliphatic rings. The Morgan fingerprint density at radius 2 is 2.00 bits per heavy atom. The molecule has 0 N–H and O–H groups in total. The number of methoxy groups -OCH3 is 1. The van der Waals surface area contributed by atoms with Gasteiger partial charge in [-0.1, -0.05) is 0 Å². The van der Waals surface area contributed by atoms with Crippen LogP contribution in [0, 0.1) is 0 Å². The first-order chi connectivity index (χ1) is 11.1. The molecule has 7 nitrogen and oxygen atoms in total. The molecular weight excluding hydrogens is 298 g/mol. The van der Waals surface area contributed by atoms with Gasteiger partial charge in [-0.3, -0.25) is 14.2 Å². The van der Waals surface area contributed by atoms with Gasteiger partial charge in [0.1, 0.15) is 6.54 Å². The maximum Gasteiger partial charge on any atom is 0.337 e. The summed E-state index contributed by atoms with van der Waals surface area (Å²) in [6.45, 7) is 1.44. The first kappa shape index (κ1) is 15.2. The van der Waals surface area contributed by atoms with Gasteiger partial charge in [-0.2, -0.15) is 0 Å². The first-order valence-electron chi connectivity index (χ1n) is 7.45. The van der Waals surface area contributed by atoms with Crippen LogP contribution >= 0.6 is 0 Å². The van der Waals surface area contributed by atoms with Crippen molar-refractivity contribution in [2.24, 2.45) is 0 Å². The number of fused-ring (bicyclic) bond motifs is 1. The van der Waals surface area contributed by atoms with E-state index in [1.165, 1.54) is 24.1 Å². The molecule has 0 bridgehead atoms. The Hall–Kier alpha value is -2.70. The summed E-state index contributed by atoms with van der Waals surface area (Å²) in [4.78, 5) is 42.3. The van der Waals surface area contributed by atoms with Crippen LogP contribution in [0.3, 0.4) is 0 Å². The van der Waals surface area contributed by atoms with Crippen LogP contribution in [0.4, 0.5) is 0 Å². The zero-order chi connectivity index (χ0) is 16.4. The van der Waals surface area contributed by atoms with E-state index in [0.29, 0.717) is 10.9 Å². The van der Waals surface area contributed by atoms with Crippen molar-refractivity contribution in [2.45, 2.75) is 19.4 Å². The third-order valence-corrected chi connectivity index (χ3v) is 4.01. The number of carbonyl (C=O) groups is 2. The van der Waals surface area contributed by atoms with Crippen LogP contribution in [-0.2, 0) is 16.1 Å². The van der Waals surface area contributed by atoms with E-state index < -0.39 is 5.97 Å². The number of ether oxygens (including phenoxy) is 1. The maximum absolute atomic E-state index is 12.5. The number of esters is 1. The van der Waals surface area contributed by atoms with Gasteiger partial charge in [-0.25, -0.2) is 9.78 Å². The topological polar surface area (TPSA) is 81.5 Å². The molecule has 1 aliphatic heterocycles. The maximum atomic E-state index is 12.5. The Kier molecular flexibility index (Phi) is 4.10. The zero-order valence-corrected chi connectivity index (χ0v) is 12.8. The van der Waals surface area contributed by atoms with Crippen molar-refractivity contribution in [3.8, 4) is 0 Å². The van der Waals surface area contributed by atoms with Crippen LogP contribution < -0.4 is 5.56 Å². The molecule has 1 aromatic heterocycles. The molecule has 120 valence electrons. The van der Waals surface area contributed by atoms with Gasteiger partial charge in [-0.15, -0.1) is 0 Å². The third kappa shape index (κ3) is 2.94. The van der Waals surface area contributed by atoms with Gasteiger partial charge in [0.05, 0.1) is 29.9 Å². The largest absolute Gasteiger partial charge is 0.465 e. The summed E-state index contributed by atoms with van der Waals surface area (Å²) in [5.74, 6) is -0.607. The summed E-state index contributed by atoms with van der Waals surface area (Å²) in [7, 11) is 1.28. The van der Waals surface area contributed by atoms with Crippen molar-refractivity contribution in [1.82, 2.24) is 14.5 Å². The second-order valence-corrected chi connectivity index (χ2v) is 5.49. The molecule has 23 heavy (non-hydrogen) atoms. The van der Waals surface area contributed by atoms with Crippen LogP contribution in [0.1, 0.15) is 23.2 Å². The highest BCUT2D eigenvalue weighted by Crippen LogP contribution is 2.12. The number of likely N-dealkylation sites (tertiary alicyclic amines) is 1. The summed E-state index contributed by atoms with van der Waals surface area (Å²) in [5.41, 5.74) is 0.420. The Labute approximate surface area is 132 Å². The van der Waals surface area contributed by atoms with Gasteiger partial charge in [0.2, 0.25) is 5.91 Å². The third-order valence-electron chi connectivity index (χ3n) is 4.01. The van der Waals surface area contributed by atoms with Crippen LogP contribution in [-0.4, -0.2) is 46.5 Å². The number of benzene rings is 1. The van der Waals surface area contributed by atoms with Gasteiger partial charge in [-0.05, 0) is 31.0 Å². The second kappa shape index (κ2) is 6.20. The van der Waals surface area contributed by atoms with E-state index in [-0.39, 0.29) is 23.6 Å². The van der Waals surface area contributed by atoms with Crippen molar-refractivity contribution in [1.29, 1.82) is 0 Å². The minimum atomic E-state index is -0.519. The average molecular weight is 315 g/mol. The Bertz CT molecular complexity index is 822. The highest BCUT2D eigenvalue weighted by Gasteiger charge is 2.19. The van der Waals surface area contributed by atoms with E-state index in [0.717, 1.165) is 25.9 Å². The van der Waals surface area contributed by atoms with Crippen LogP contribution in [0.5, 0.6) is 0 Å². The van der Waals surface area contributed by atoms with Crippen LogP contribution in [0.25, 0.3) is 10.9 Å². The van der Waals surface area contributed by atoms with Crippen LogP contribution in [0.15, 0.2) is 29.3 Å². The van der Waals surface area contributed by atoms with Gasteiger partial charge < -0.3 is 9.64 Å². The number of hydrogen-bond acceptors (Lipinski definition) is 5. The van der Waals surface area contributed by atoms with Crippen molar-refractivity contribution >= 4 is 22.8 Å². The number of carbonyl (C=O) groups excluding carboxylic acids is 2. The van der Waals surface area contributed by atoms with Gasteiger partial charge in [0.15, 0.2) is 0 Å². The quantitative estimate of drug-likeness (QED) is 0.783. The molecule has 0 radical (unpaired) electrons. The summed E-state index contributed by atoms with van der Waals surface area (Å²) in [6, 6.07) is 4.60. The molecule has 1 saturated heterocycles. The molecule has 1 fully saturated rings. The van der Waals surface area contributed by atoms with E-state index in [2.05, 4.69) is 9.72 Å². The molecule has 2 aromatic rings. The highest BCUT2D eigenvalue weighted by atomic mass is 16.5. The van der Waals surface area contributed by atoms with Gasteiger partial charge in [0.25, 0.3) is 5.56 Å². The van der Waals surface area contributed by atoms with E-state index in [1.807, 2.05) is 0 Å². The van der Waals surface area contributed by atoms with Crippen LogP contribution in [0.2, 0.25) is 0 Å². The van der Waals surface area contributed by atoms with E-state index >= 15 is 0 Å². The SMILES string of the molecule is COC(=O)c1ccc2ncn(CC(=O)N3CCCC3)c(=O)c2c1. The number of rotatable bonds is 3. The number of aromatic nitrogens is 2. The number of hydrogen-bond donors (Lipinski definition) is 0. The predicted molar refractivity (Wildman–Crippen MR) is 83.2 cm³/mol. The lowest BCUT2D eigenvalue weighted by molar-refractivity contribution is -0.130. The zero-order valence-electron chi connectivity index (χ0n) is 12.8. The standard InChI is InChI=1S/C16H17N3O4/c1-23-16(22)11-4-5-13-12(8-11)15(21)19(10-17-13)9-14(20)18-6-2-3-7-18/h4-5,8,10H,2-3,6-7,9H2,1H3. The first-order valence-corrected chi connectivity index (χ1v) is 7.45. The molecule has 0 spiro atoms. The number of nitrogens with zero attached hydrogens (tertiary/aromatic N) is 3. The van der Waals surface area contributed by atoms with Crippen molar-refractivity contribution in [2.75, 3.05) is 20.2 Å². The van der Waals surface area contributed by atoms with Crippen molar-refractivity contribution in [3.05, 3.63) is 40.4 Å². The highest BCUT2D eigenvalue weighted by molar-refractivity contribution is 5.94. The fourth-order valence-corrected chi connectivity index (χ4v) is 2.73. The molecular formula is C16H17N3O4. The molecule has 0 unspecified atom stereocenters. The minimum absolute atomic E-state index is 0.0375. The lowest BCUT2D eigenvalue weighted by Crippen LogP contribution is -2.34. The molecule has 1 aromatic carbocycles. The van der Waals surface area contributed by atoms with Gasteiger partial charge in [0, 0.05) is 13.1 Å². The normalized spacial score (nSPS) is 14.2. The Morgan fingerprint density at radius 1 is 1.26 bits per heavy atom. The van der Waals surface area contributed by atoms with Crippen molar-refractivity contribution < 1.29 is 14.3 Å². The summed E-state index contributed by atoms with van der Waals surface area (Å²) < 4.78 is 5.94. The summed E-state index contributed by atoms with van der Waals surface area (Å²) in [5, 5.41) is 0.296. The second-order valence-electron chi connectivity index (χ2n) is 5.49. The Morgan fingerprint density at radius 3 is 2.70 bits per heavy atom. The summed E-state index contributed by atoms with van der Waals surface area (Å²) in [6.07, 6.45) is 3.37. The van der Waals surface area contributed by atoms with Crippen molar-refractivity contribution in [3.63, 3.8) is 0 Å². The lowest BCUT2D eigenvalue weighted by atomic mass is 10.1. The summed E-state index contributed by atoms with van der Waals surface area (Å²) >= 11 is 0. The van der Waals surface area contributed by atoms with E-state index in [9.17, 15) is 14.4 Å². The van der Waals surface area contributed by atoms with E-state index in [4.69, 9.17) is 0 Å². The average Bonchev–Trinajstić information content (AvgIpc) is 3.11.